The monoisotopic (exact) mass is 318 g/mol. The van der Waals surface area contributed by atoms with Gasteiger partial charge in [-0.2, -0.15) is 0 Å². The first-order valence-electron chi connectivity index (χ1n) is 7.40. The topological polar surface area (TPSA) is 87.0 Å². The third kappa shape index (κ3) is 17.1. The van der Waals surface area contributed by atoms with Crippen LogP contribution in [0.2, 0.25) is 0 Å². The van der Waals surface area contributed by atoms with Gasteiger partial charge >= 0.3 is 7.82 Å². The van der Waals surface area contributed by atoms with Gasteiger partial charge in [-0.3, -0.25) is 4.52 Å². The molecule has 0 aliphatic heterocycles. The van der Waals surface area contributed by atoms with E-state index in [2.05, 4.69) is 11.4 Å². The fourth-order valence-electron chi connectivity index (χ4n) is 1.67. The predicted molar refractivity (Wildman–Crippen MR) is 84.1 cm³/mol. The molecule has 0 saturated heterocycles. The highest BCUT2D eigenvalue weighted by Gasteiger charge is 2.12. The molecule has 0 aliphatic rings. The summed E-state index contributed by atoms with van der Waals surface area (Å²) in [5.74, 6) is 0.322. The van der Waals surface area contributed by atoms with Gasteiger partial charge in [0.15, 0.2) is 0 Å². The molecule has 0 aliphatic carbocycles. The van der Waals surface area contributed by atoms with E-state index in [4.69, 9.17) is 14.9 Å². The Morgan fingerprint density at radius 3 is 1.90 bits per heavy atom. The molecule has 0 spiro atoms. The molecular formula is C15H27O5P. The van der Waals surface area contributed by atoms with Gasteiger partial charge in [0.1, 0.15) is 5.75 Å². The smallest absolute Gasteiger partial charge is 0.469 e. The van der Waals surface area contributed by atoms with Crippen molar-refractivity contribution in [1.29, 1.82) is 0 Å². The van der Waals surface area contributed by atoms with Crippen LogP contribution in [-0.2, 0) is 9.09 Å². The van der Waals surface area contributed by atoms with E-state index < -0.39 is 7.82 Å². The van der Waals surface area contributed by atoms with E-state index in [1.54, 1.807) is 24.3 Å². The lowest BCUT2D eigenvalue weighted by Crippen LogP contribution is -1.92. The molecule has 3 N–H and O–H groups in total. The fourth-order valence-corrected chi connectivity index (χ4v) is 2.04. The van der Waals surface area contributed by atoms with Crippen molar-refractivity contribution >= 4 is 7.82 Å². The van der Waals surface area contributed by atoms with Gasteiger partial charge in [0.2, 0.25) is 0 Å². The summed E-state index contributed by atoms with van der Waals surface area (Å²) in [6, 6.07) is 8.71. The Bertz CT molecular complexity index is 377. The van der Waals surface area contributed by atoms with E-state index >= 15 is 0 Å². The number of hydrogen-bond donors (Lipinski definition) is 3. The maximum atomic E-state index is 10.3. The summed E-state index contributed by atoms with van der Waals surface area (Å²) >= 11 is 0. The number of rotatable bonds is 9. The SMILES string of the molecule is CCCCCCCCCOP(=O)(O)O.Oc1ccccc1. The van der Waals surface area contributed by atoms with Crippen molar-refractivity contribution in [2.24, 2.45) is 0 Å². The van der Waals surface area contributed by atoms with Crippen molar-refractivity contribution in [1.82, 2.24) is 0 Å². The molecule has 1 aromatic rings. The third-order valence-corrected chi connectivity index (χ3v) is 3.28. The molecule has 0 unspecified atom stereocenters. The summed E-state index contributed by atoms with van der Waals surface area (Å²) in [5, 5.41) is 8.63. The Labute approximate surface area is 127 Å². The van der Waals surface area contributed by atoms with Crippen LogP contribution in [0.3, 0.4) is 0 Å². The first kappa shape index (κ1) is 20.1. The Balaban J connectivity index is 0.000000471. The summed E-state index contributed by atoms with van der Waals surface area (Å²) in [5.41, 5.74) is 0. The molecule has 21 heavy (non-hydrogen) atoms. The Kier molecular flexibility index (Phi) is 12.3. The van der Waals surface area contributed by atoms with E-state index in [0.717, 1.165) is 19.3 Å². The van der Waals surface area contributed by atoms with E-state index in [9.17, 15) is 4.57 Å². The van der Waals surface area contributed by atoms with Crippen molar-refractivity contribution in [3.8, 4) is 5.75 Å². The van der Waals surface area contributed by atoms with Crippen LogP contribution >= 0.6 is 7.82 Å². The molecule has 0 atom stereocenters. The highest BCUT2D eigenvalue weighted by atomic mass is 31.2. The highest BCUT2D eigenvalue weighted by Crippen LogP contribution is 2.35. The maximum absolute atomic E-state index is 10.3. The third-order valence-electron chi connectivity index (χ3n) is 2.76. The second kappa shape index (κ2) is 12.8. The van der Waals surface area contributed by atoms with Crippen molar-refractivity contribution < 1.29 is 24.0 Å². The van der Waals surface area contributed by atoms with Crippen LogP contribution in [0.4, 0.5) is 0 Å². The highest BCUT2D eigenvalue weighted by molar-refractivity contribution is 7.46. The van der Waals surface area contributed by atoms with E-state index in [-0.39, 0.29) is 6.61 Å². The number of phosphoric acid groups is 1. The van der Waals surface area contributed by atoms with Gasteiger partial charge in [-0.15, -0.1) is 0 Å². The maximum Gasteiger partial charge on any atom is 0.469 e. The number of phosphoric ester groups is 1. The zero-order valence-corrected chi connectivity index (χ0v) is 13.5. The van der Waals surface area contributed by atoms with Crippen LogP contribution in [0, 0.1) is 0 Å². The molecule has 0 bridgehead atoms. The first-order valence-corrected chi connectivity index (χ1v) is 8.93. The lowest BCUT2D eigenvalue weighted by atomic mass is 10.1. The van der Waals surface area contributed by atoms with Gasteiger partial charge < -0.3 is 14.9 Å². The Morgan fingerprint density at radius 1 is 0.952 bits per heavy atom. The van der Waals surface area contributed by atoms with Crippen molar-refractivity contribution in [2.45, 2.75) is 51.9 Å². The van der Waals surface area contributed by atoms with Crippen molar-refractivity contribution in [2.75, 3.05) is 6.61 Å². The molecule has 0 fully saturated rings. The number of benzene rings is 1. The summed E-state index contributed by atoms with van der Waals surface area (Å²) in [7, 11) is -4.23. The summed E-state index contributed by atoms with van der Waals surface area (Å²) in [4.78, 5) is 16.8. The Morgan fingerprint density at radius 2 is 1.48 bits per heavy atom. The van der Waals surface area contributed by atoms with Gasteiger partial charge in [0.05, 0.1) is 6.61 Å². The number of para-hydroxylation sites is 1. The fraction of sp³-hybridized carbons (Fsp3) is 0.600. The van der Waals surface area contributed by atoms with Crippen LogP contribution in [0.5, 0.6) is 5.75 Å². The van der Waals surface area contributed by atoms with Crippen LogP contribution in [0.25, 0.3) is 0 Å². The predicted octanol–water partition coefficient (Wildman–Crippen LogP) is 4.24. The largest absolute Gasteiger partial charge is 0.508 e. The van der Waals surface area contributed by atoms with Crippen LogP contribution in [0.1, 0.15) is 51.9 Å². The number of phenols is 1. The van der Waals surface area contributed by atoms with Crippen LogP contribution in [-0.4, -0.2) is 21.5 Å². The average Bonchev–Trinajstić information content (AvgIpc) is 2.42. The van der Waals surface area contributed by atoms with Crippen LogP contribution in [0.15, 0.2) is 30.3 Å². The molecule has 1 rings (SSSR count). The van der Waals surface area contributed by atoms with Crippen molar-refractivity contribution in [3.05, 3.63) is 30.3 Å². The molecule has 0 aromatic heterocycles. The van der Waals surface area contributed by atoms with E-state index in [1.807, 2.05) is 6.07 Å². The molecule has 1 aromatic carbocycles. The quantitative estimate of drug-likeness (QED) is 0.468. The molecule has 0 heterocycles. The van der Waals surface area contributed by atoms with E-state index in [0.29, 0.717) is 5.75 Å². The average molecular weight is 318 g/mol. The molecule has 0 saturated carbocycles. The number of aromatic hydroxyl groups is 1. The van der Waals surface area contributed by atoms with E-state index in [1.165, 1.54) is 25.7 Å². The minimum absolute atomic E-state index is 0.165. The van der Waals surface area contributed by atoms with Crippen molar-refractivity contribution in [3.63, 3.8) is 0 Å². The lowest BCUT2D eigenvalue weighted by Gasteiger charge is -2.04. The molecule has 6 heteroatoms. The minimum atomic E-state index is -4.23. The van der Waals surface area contributed by atoms with Gasteiger partial charge in [0.25, 0.3) is 0 Å². The summed E-state index contributed by atoms with van der Waals surface area (Å²) < 4.78 is 14.6. The van der Waals surface area contributed by atoms with Crippen LogP contribution < -0.4 is 0 Å². The molecular weight excluding hydrogens is 291 g/mol. The first-order chi connectivity index (χ1) is 9.95. The van der Waals surface area contributed by atoms with Gasteiger partial charge in [-0.1, -0.05) is 63.6 Å². The number of hydrogen-bond acceptors (Lipinski definition) is 3. The lowest BCUT2D eigenvalue weighted by molar-refractivity contribution is 0.193. The Hall–Kier alpha value is -0.870. The second-order valence-corrected chi connectivity index (χ2v) is 6.02. The minimum Gasteiger partial charge on any atom is -0.508 e. The van der Waals surface area contributed by atoms with Gasteiger partial charge in [-0.05, 0) is 18.6 Å². The summed E-state index contributed by atoms with van der Waals surface area (Å²) in [6.45, 7) is 2.34. The second-order valence-electron chi connectivity index (χ2n) is 4.78. The standard InChI is InChI=1S/C9H21O4P.C6H6O/c1-2-3-4-5-6-7-8-9-13-14(10,11)12;7-6-4-2-1-3-5-6/h2-9H2,1H3,(H2,10,11,12);1-5,7H. The number of phenolic OH excluding ortho intramolecular Hbond substituents is 1. The molecule has 122 valence electrons. The van der Waals surface area contributed by atoms with Gasteiger partial charge in [0, 0.05) is 0 Å². The normalized spacial score (nSPS) is 10.8. The van der Waals surface area contributed by atoms with Gasteiger partial charge in [-0.25, -0.2) is 4.57 Å². The molecule has 0 amide bonds. The number of unbranched alkanes of at least 4 members (excludes halogenated alkanes) is 6. The zero-order chi connectivity index (χ0) is 16.0. The summed E-state index contributed by atoms with van der Waals surface area (Å²) in [6.07, 6.45) is 7.84. The molecule has 0 radical (unpaired) electrons. The molecule has 5 nitrogen and oxygen atoms in total. The zero-order valence-electron chi connectivity index (χ0n) is 12.6.